The predicted molar refractivity (Wildman–Crippen MR) is 71.4 cm³/mol. The van der Waals surface area contributed by atoms with E-state index >= 15 is 0 Å². The van der Waals surface area contributed by atoms with Crippen molar-refractivity contribution in [2.75, 3.05) is 7.11 Å². The summed E-state index contributed by atoms with van der Waals surface area (Å²) in [5.41, 5.74) is 0.860. The number of aliphatic carboxylic acids is 1. The fourth-order valence-electron chi connectivity index (χ4n) is 1.97. The molecule has 0 radical (unpaired) electrons. The van der Waals surface area contributed by atoms with Gasteiger partial charge in [0.05, 0.1) is 19.1 Å². The number of rotatable bonds is 5. The molecule has 0 aliphatic carbocycles. The fraction of sp³-hybridized carbons (Fsp3) is 0.267. The van der Waals surface area contributed by atoms with Gasteiger partial charge in [0, 0.05) is 5.92 Å². The fourth-order valence-corrected chi connectivity index (χ4v) is 1.97. The zero-order valence-corrected chi connectivity index (χ0v) is 10.9. The van der Waals surface area contributed by atoms with Crippen LogP contribution in [0.5, 0.6) is 5.75 Å². The minimum absolute atomic E-state index is 0.0544. The summed E-state index contributed by atoms with van der Waals surface area (Å²) in [7, 11) is 1.61. The Balaban J connectivity index is 2.28. The molecule has 0 amide bonds. The number of hydrogen-bond acceptors (Lipinski definition) is 3. The van der Waals surface area contributed by atoms with Crippen LogP contribution in [0.15, 0.2) is 40.8 Å². The van der Waals surface area contributed by atoms with Crippen LogP contribution in [0.3, 0.4) is 0 Å². The molecule has 0 aliphatic rings. The van der Waals surface area contributed by atoms with E-state index in [1.807, 2.05) is 43.3 Å². The van der Waals surface area contributed by atoms with E-state index < -0.39 is 5.97 Å². The Labute approximate surface area is 111 Å². The molecule has 0 saturated carbocycles. The van der Waals surface area contributed by atoms with Gasteiger partial charge in [-0.2, -0.15) is 0 Å². The lowest BCUT2D eigenvalue weighted by molar-refractivity contribution is -0.137. The van der Waals surface area contributed by atoms with Crippen LogP contribution < -0.4 is 4.74 Å². The summed E-state index contributed by atoms with van der Waals surface area (Å²) in [6, 6.07) is 11.2. The lowest BCUT2D eigenvalue weighted by Crippen LogP contribution is -2.01. The second kappa shape index (κ2) is 5.61. The first-order valence-electron chi connectivity index (χ1n) is 6.06. The smallest absolute Gasteiger partial charge is 0.304 e. The number of benzene rings is 1. The molecule has 1 unspecified atom stereocenters. The van der Waals surface area contributed by atoms with Crippen LogP contribution in [-0.4, -0.2) is 18.2 Å². The van der Waals surface area contributed by atoms with Crippen molar-refractivity contribution in [1.82, 2.24) is 0 Å². The molecule has 1 atom stereocenters. The Kier molecular flexibility index (Phi) is 3.90. The zero-order valence-electron chi connectivity index (χ0n) is 10.9. The predicted octanol–water partition coefficient (Wildman–Crippen LogP) is 3.53. The zero-order chi connectivity index (χ0) is 13.8. The summed E-state index contributed by atoms with van der Waals surface area (Å²) in [6.45, 7) is 1.83. The maximum absolute atomic E-state index is 10.7. The largest absolute Gasteiger partial charge is 0.496 e. The third-order valence-electron chi connectivity index (χ3n) is 2.97. The molecule has 4 heteroatoms. The summed E-state index contributed by atoms with van der Waals surface area (Å²) in [6.07, 6.45) is 0.0544. The minimum Gasteiger partial charge on any atom is -0.496 e. The number of furan rings is 1. The highest BCUT2D eigenvalue weighted by atomic mass is 16.5. The number of carboxylic acid groups (broad SMARTS) is 1. The van der Waals surface area contributed by atoms with Crippen molar-refractivity contribution in [2.45, 2.75) is 19.3 Å². The van der Waals surface area contributed by atoms with E-state index in [4.69, 9.17) is 14.3 Å². The minimum atomic E-state index is -0.831. The van der Waals surface area contributed by atoms with Gasteiger partial charge in [0.15, 0.2) is 0 Å². The maximum atomic E-state index is 10.7. The van der Waals surface area contributed by atoms with Crippen LogP contribution in [0.2, 0.25) is 0 Å². The van der Waals surface area contributed by atoms with Crippen molar-refractivity contribution < 1.29 is 19.1 Å². The van der Waals surface area contributed by atoms with Crippen LogP contribution in [0, 0.1) is 0 Å². The van der Waals surface area contributed by atoms with Gasteiger partial charge in [-0.05, 0) is 24.3 Å². The SMILES string of the molecule is COc1ccccc1-c1ccc(C(C)CC(=O)O)o1. The van der Waals surface area contributed by atoms with E-state index in [0.29, 0.717) is 11.5 Å². The Hall–Kier alpha value is -2.23. The van der Waals surface area contributed by atoms with Gasteiger partial charge in [-0.25, -0.2) is 0 Å². The maximum Gasteiger partial charge on any atom is 0.304 e. The van der Waals surface area contributed by atoms with Gasteiger partial charge in [0.2, 0.25) is 0 Å². The number of hydrogen-bond donors (Lipinski definition) is 1. The number of carbonyl (C=O) groups is 1. The number of ether oxygens (including phenoxy) is 1. The monoisotopic (exact) mass is 260 g/mol. The quantitative estimate of drug-likeness (QED) is 0.893. The van der Waals surface area contributed by atoms with Gasteiger partial charge in [-0.15, -0.1) is 0 Å². The highest BCUT2D eigenvalue weighted by Crippen LogP contribution is 2.33. The summed E-state index contributed by atoms with van der Waals surface area (Å²) >= 11 is 0. The molecular weight excluding hydrogens is 244 g/mol. The van der Waals surface area contributed by atoms with E-state index in [1.165, 1.54) is 0 Å². The van der Waals surface area contributed by atoms with Crippen molar-refractivity contribution in [2.24, 2.45) is 0 Å². The third kappa shape index (κ3) is 2.96. The van der Waals surface area contributed by atoms with Gasteiger partial charge < -0.3 is 14.3 Å². The molecule has 2 rings (SSSR count). The molecule has 4 nitrogen and oxygen atoms in total. The molecule has 0 spiro atoms. The van der Waals surface area contributed by atoms with Crippen molar-refractivity contribution in [3.8, 4) is 17.1 Å². The molecular formula is C15H16O4. The highest BCUT2D eigenvalue weighted by molar-refractivity contribution is 5.68. The molecule has 100 valence electrons. The Morgan fingerprint density at radius 1 is 1.32 bits per heavy atom. The number of methoxy groups -OCH3 is 1. The van der Waals surface area contributed by atoms with E-state index in [9.17, 15) is 4.79 Å². The standard InChI is InChI=1S/C15H16O4/c1-10(9-15(16)17)12-7-8-14(19-12)11-5-3-4-6-13(11)18-2/h3-8,10H,9H2,1-2H3,(H,16,17). The van der Waals surface area contributed by atoms with Gasteiger partial charge in [0.25, 0.3) is 0 Å². The molecule has 1 heterocycles. The van der Waals surface area contributed by atoms with Crippen LogP contribution in [0.4, 0.5) is 0 Å². The van der Waals surface area contributed by atoms with Crippen LogP contribution in [-0.2, 0) is 4.79 Å². The summed E-state index contributed by atoms with van der Waals surface area (Å²) in [5.74, 6) is 1.10. The van der Waals surface area contributed by atoms with Gasteiger partial charge in [0.1, 0.15) is 17.3 Å². The molecule has 0 aliphatic heterocycles. The summed E-state index contributed by atoms with van der Waals surface area (Å²) < 4.78 is 11.0. The van der Waals surface area contributed by atoms with Gasteiger partial charge in [-0.3, -0.25) is 4.79 Å². The van der Waals surface area contributed by atoms with Crippen molar-refractivity contribution in [1.29, 1.82) is 0 Å². The lowest BCUT2D eigenvalue weighted by Gasteiger charge is -2.07. The van der Waals surface area contributed by atoms with E-state index in [2.05, 4.69) is 0 Å². The first-order chi connectivity index (χ1) is 9.11. The summed E-state index contributed by atoms with van der Waals surface area (Å²) in [5, 5.41) is 8.79. The van der Waals surface area contributed by atoms with E-state index in [1.54, 1.807) is 7.11 Å². The second-order valence-electron chi connectivity index (χ2n) is 4.40. The number of para-hydroxylation sites is 1. The lowest BCUT2D eigenvalue weighted by atomic mass is 10.1. The van der Waals surface area contributed by atoms with E-state index in [-0.39, 0.29) is 12.3 Å². The second-order valence-corrected chi connectivity index (χ2v) is 4.40. The molecule has 2 aromatic rings. The Morgan fingerprint density at radius 3 is 2.74 bits per heavy atom. The molecule has 1 N–H and O–H groups in total. The average Bonchev–Trinajstić information content (AvgIpc) is 2.87. The van der Waals surface area contributed by atoms with Crippen LogP contribution >= 0.6 is 0 Å². The van der Waals surface area contributed by atoms with Crippen LogP contribution in [0.1, 0.15) is 25.0 Å². The topological polar surface area (TPSA) is 59.7 Å². The molecule has 0 saturated heterocycles. The number of carboxylic acids is 1. The molecule has 0 bridgehead atoms. The van der Waals surface area contributed by atoms with E-state index in [0.717, 1.165) is 11.3 Å². The molecule has 19 heavy (non-hydrogen) atoms. The molecule has 1 aromatic carbocycles. The average molecular weight is 260 g/mol. The first kappa shape index (κ1) is 13.2. The molecule has 1 aromatic heterocycles. The van der Waals surface area contributed by atoms with Crippen molar-refractivity contribution in [3.63, 3.8) is 0 Å². The first-order valence-corrected chi connectivity index (χ1v) is 6.06. The Bertz CT molecular complexity index is 571. The van der Waals surface area contributed by atoms with Crippen molar-refractivity contribution in [3.05, 3.63) is 42.2 Å². The highest BCUT2D eigenvalue weighted by Gasteiger charge is 2.16. The van der Waals surface area contributed by atoms with Crippen LogP contribution in [0.25, 0.3) is 11.3 Å². The molecule has 0 fully saturated rings. The third-order valence-corrected chi connectivity index (χ3v) is 2.97. The van der Waals surface area contributed by atoms with Gasteiger partial charge in [-0.1, -0.05) is 19.1 Å². The normalized spacial score (nSPS) is 12.1. The summed E-state index contributed by atoms with van der Waals surface area (Å²) in [4.78, 5) is 10.7. The van der Waals surface area contributed by atoms with Gasteiger partial charge >= 0.3 is 5.97 Å². The van der Waals surface area contributed by atoms with Crippen molar-refractivity contribution >= 4 is 5.97 Å². The Morgan fingerprint density at radius 2 is 2.05 bits per heavy atom.